The molecule has 2 unspecified atom stereocenters. The molecule has 0 aromatic heterocycles. The molecule has 2 rings (SSSR count). The zero-order valence-corrected chi connectivity index (χ0v) is 13.3. The molecule has 0 heterocycles. The molecule has 104 valence electrons. The second-order valence-corrected chi connectivity index (χ2v) is 6.50. The fourth-order valence-electron chi connectivity index (χ4n) is 2.64. The summed E-state index contributed by atoms with van der Waals surface area (Å²) in [5.41, 5.74) is 6.61. The van der Waals surface area contributed by atoms with E-state index in [1.807, 2.05) is 0 Å². The van der Waals surface area contributed by atoms with Crippen molar-refractivity contribution in [2.45, 2.75) is 38.6 Å². The first-order valence-electron chi connectivity index (χ1n) is 6.53. The van der Waals surface area contributed by atoms with Crippen LogP contribution >= 0.6 is 28.1 Å². The van der Waals surface area contributed by atoms with Crippen molar-refractivity contribution in [1.29, 1.82) is 0 Å². The molecule has 2 nitrogen and oxygen atoms in total. The standard InChI is InChI=1S/C14H18BrFN2S/c1-8-3-2-4-9(7-8)18-11-6-5-10(14(17)19)12(15)13(11)16/h5-6,8-9,18H,2-4,7H2,1H3,(H2,17,19). The lowest BCUT2D eigenvalue weighted by Crippen LogP contribution is -2.26. The van der Waals surface area contributed by atoms with Crippen LogP contribution in [0.3, 0.4) is 0 Å². The first-order chi connectivity index (χ1) is 8.99. The number of nitrogens with two attached hydrogens (primary N) is 1. The molecule has 0 amide bonds. The Morgan fingerprint density at radius 3 is 2.84 bits per heavy atom. The van der Waals surface area contributed by atoms with Crippen LogP contribution in [0.2, 0.25) is 0 Å². The van der Waals surface area contributed by atoms with Gasteiger partial charge in [0, 0.05) is 11.6 Å². The van der Waals surface area contributed by atoms with Crippen LogP contribution in [0.15, 0.2) is 16.6 Å². The summed E-state index contributed by atoms with van der Waals surface area (Å²) in [7, 11) is 0. The van der Waals surface area contributed by atoms with Crippen LogP contribution < -0.4 is 11.1 Å². The maximum absolute atomic E-state index is 14.3. The molecule has 1 saturated carbocycles. The van der Waals surface area contributed by atoms with Crippen molar-refractivity contribution in [2.24, 2.45) is 11.7 Å². The van der Waals surface area contributed by atoms with Gasteiger partial charge in [-0.15, -0.1) is 0 Å². The minimum absolute atomic E-state index is 0.198. The van der Waals surface area contributed by atoms with Gasteiger partial charge in [0.2, 0.25) is 0 Å². The molecule has 1 aliphatic carbocycles. The maximum Gasteiger partial charge on any atom is 0.161 e. The van der Waals surface area contributed by atoms with Gasteiger partial charge in [-0.25, -0.2) is 4.39 Å². The number of benzene rings is 1. The molecular weight excluding hydrogens is 327 g/mol. The molecule has 5 heteroatoms. The Balaban J connectivity index is 2.17. The molecule has 1 aliphatic rings. The van der Waals surface area contributed by atoms with Crippen molar-refractivity contribution >= 4 is 38.8 Å². The Kier molecular flexibility index (Phi) is 4.79. The summed E-state index contributed by atoms with van der Waals surface area (Å²) in [6, 6.07) is 3.82. The average molecular weight is 345 g/mol. The molecule has 1 aromatic rings. The van der Waals surface area contributed by atoms with Crippen LogP contribution in [0, 0.1) is 11.7 Å². The third-order valence-electron chi connectivity index (χ3n) is 3.64. The summed E-state index contributed by atoms with van der Waals surface area (Å²) >= 11 is 8.12. The second-order valence-electron chi connectivity index (χ2n) is 5.27. The molecule has 3 N–H and O–H groups in total. The van der Waals surface area contributed by atoms with Crippen molar-refractivity contribution in [1.82, 2.24) is 0 Å². The fraction of sp³-hybridized carbons (Fsp3) is 0.500. The highest BCUT2D eigenvalue weighted by molar-refractivity contribution is 9.10. The van der Waals surface area contributed by atoms with Crippen LogP contribution in [-0.4, -0.2) is 11.0 Å². The molecule has 0 aliphatic heterocycles. The molecule has 0 bridgehead atoms. The average Bonchev–Trinajstić information content (AvgIpc) is 2.35. The molecule has 0 spiro atoms. The maximum atomic E-state index is 14.3. The Morgan fingerprint density at radius 1 is 1.47 bits per heavy atom. The number of nitrogens with one attached hydrogen (secondary N) is 1. The highest BCUT2D eigenvalue weighted by Gasteiger charge is 2.21. The smallest absolute Gasteiger partial charge is 0.161 e. The summed E-state index contributed by atoms with van der Waals surface area (Å²) in [4.78, 5) is 0.198. The van der Waals surface area contributed by atoms with Crippen LogP contribution in [0.25, 0.3) is 0 Å². The predicted octanol–water partition coefficient (Wildman–Crippen LogP) is 4.21. The van der Waals surface area contributed by atoms with E-state index in [1.54, 1.807) is 12.1 Å². The summed E-state index contributed by atoms with van der Waals surface area (Å²) in [5.74, 6) is 0.386. The third kappa shape index (κ3) is 3.45. The summed E-state index contributed by atoms with van der Waals surface area (Å²) in [5, 5.41) is 3.30. The summed E-state index contributed by atoms with van der Waals surface area (Å²) < 4.78 is 14.6. The van der Waals surface area contributed by atoms with Crippen LogP contribution in [0.1, 0.15) is 38.2 Å². The first kappa shape index (κ1) is 14.7. The van der Waals surface area contributed by atoms with Crippen molar-refractivity contribution in [3.63, 3.8) is 0 Å². The lowest BCUT2D eigenvalue weighted by molar-refractivity contribution is 0.358. The summed E-state index contributed by atoms with van der Waals surface area (Å²) in [6.45, 7) is 2.25. The van der Waals surface area contributed by atoms with E-state index in [-0.39, 0.29) is 10.8 Å². The fourth-order valence-corrected chi connectivity index (χ4v) is 3.50. The monoisotopic (exact) mass is 344 g/mol. The van der Waals surface area contributed by atoms with E-state index in [0.717, 1.165) is 12.8 Å². The van der Waals surface area contributed by atoms with E-state index in [2.05, 4.69) is 28.2 Å². The molecule has 1 aromatic carbocycles. The first-order valence-corrected chi connectivity index (χ1v) is 7.73. The zero-order valence-electron chi connectivity index (χ0n) is 10.9. The second kappa shape index (κ2) is 6.18. The van der Waals surface area contributed by atoms with Gasteiger partial charge in [0.1, 0.15) is 4.99 Å². The van der Waals surface area contributed by atoms with E-state index < -0.39 is 0 Å². The molecular formula is C14H18BrFN2S. The van der Waals surface area contributed by atoms with Crippen LogP contribution in [0.5, 0.6) is 0 Å². The van der Waals surface area contributed by atoms with Gasteiger partial charge in [-0.1, -0.05) is 32.0 Å². The predicted molar refractivity (Wildman–Crippen MR) is 85.0 cm³/mol. The number of rotatable bonds is 3. The zero-order chi connectivity index (χ0) is 14.0. The van der Waals surface area contributed by atoms with Gasteiger partial charge in [0.15, 0.2) is 5.82 Å². The lowest BCUT2D eigenvalue weighted by Gasteiger charge is -2.28. The van der Waals surface area contributed by atoms with Gasteiger partial charge in [-0.2, -0.15) is 0 Å². The van der Waals surface area contributed by atoms with Gasteiger partial charge in [0.05, 0.1) is 10.2 Å². The van der Waals surface area contributed by atoms with Gasteiger partial charge in [-0.05, 0) is 46.8 Å². The van der Waals surface area contributed by atoms with E-state index >= 15 is 0 Å². The Hall–Kier alpha value is -0.680. The third-order valence-corrected chi connectivity index (χ3v) is 4.64. The quantitative estimate of drug-likeness (QED) is 0.806. The molecule has 1 fully saturated rings. The molecule has 19 heavy (non-hydrogen) atoms. The number of thiocarbonyl (C=S) groups is 1. The van der Waals surface area contributed by atoms with Crippen molar-refractivity contribution in [3.05, 3.63) is 28.0 Å². The lowest BCUT2D eigenvalue weighted by atomic mass is 9.87. The normalized spacial score (nSPS) is 23.1. The van der Waals surface area contributed by atoms with Crippen molar-refractivity contribution in [3.8, 4) is 0 Å². The number of hydrogen-bond donors (Lipinski definition) is 2. The highest BCUT2D eigenvalue weighted by Crippen LogP contribution is 2.31. The number of hydrogen-bond acceptors (Lipinski definition) is 2. The van der Waals surface area contributed by atoms with Gasteiger partial charge >= 0.3 is 0 Å². The van der Waals surface area contributed by atoms with Gasteiger partial charge < -0.3 is 11.1 Å². The summed E-state index contributed by atoms with van der Waals surface area (Å²) in [6.07, 6.45) is 4.66. The highest BCUT2D eigenvalue weighted by atomic mass is 79.9. The van der Waals surface area contributed by atoms with E-state index in [0.29, 0.717) is 27.7 Å². The van der Waals surface area contributed by atoms with Crippen molar-refractivity contribution < 1.29 is 4.39 Å². The van der Waals surface area contributed by atoms with E-state index in [9.17, 15) is 4.39 Å². The Labute approximate surface area is 127 Å². The minimum atomic E-state index is -0.316. The Morgan fingerprint density at radius 2 is 2.21 bits per heavy atom. The minimum Gasteiger partial charge on any atom is -0.389 e. The number of halogens is 2. The van der Waals surface area contributed by atoms with Crippen LogP contribution in [-0.2, 0) is 0 Å². The van der Waals surface area contributed by atoms with Gasteiger partial charge in [-0.3, -0.25) is 0 Å². The Bertz CT molecular complexity index is 493. The van der Waals surface area contributed by atoms with E-state index in [4.69, 9.17) is 18.0 Å². The molecule has 0 saturated heterocycles. The topological polar surface area (TPSA) is 38.0 Å². The SMILES string of the molecule is CC1CCCC(Nc2ccc(C(N)=S)c(Br)c2F)C1. The molecule has 2 atom stereocenters. The van der Waals surface area contributed by atoms with Gasteiger partial charge in [0.25, 0.3) is 0 Å². The van der Waals surface area contributed by atoms with Crippen LogP contribution in [0.4, 0.5) is 10.1 Å². The van der Waals surface area contributed by atoms with E-state index in [1.165, 1.54) is 12.8 Å². The van der Waals surface area contributed by atoms with Crippen molar-refractivity contribution in [2.75, 3.05) is 5.32 Å². The largest absolute Gasteiger partial charge is 0.389 e. The number of anilines is 1. The molecule has 0 radical (unpaired) electrons.